The first-order valence-corrected chi connectivity index (χ1v) is 11.2. The molecule has 4 rings (SSSR count). The van der Waals surface area contributed by atoms with Crippen LogP contribution >= 0.6 is 7.14 Å². The number of nitrogens with zero attached hydrogens (tertiary/aromatic N) is 1. The third-order valence-corrected chi connectivity index (χ3v) is 8.63. The molecule has 4 aromatic rings. The van der Waals surface area contributed by atoms with Crippen LogP contribution in [-0.4, -0.2) is 10.2 Å². The number of aromatic amines is 1. The molecule has 140 valence electrons. The van der Waals surface area contributed by atoms with E-state index in [1.165, 1.54) is 0 Å². The Balaban J connectivity index is 2.07. The second kappa shape index (κ2) is 7.61. The van der Waals surface area contributed by atoms with Crippen molar-refractivity contribution in [2.45, 2.75) is 19.5 Å². The van der Waals surface area contributed by atoms with Crippen LogP contribution in [0.1, 0.15) is 28.2 Å². The van der Waals surface area contributed by atoms with Crippen LogP contribution in [0.2, 0.25) is 0 Å². The molecule has 1 heterocycles. The average molecular weight is 386 g/mol. The number of benzene rings is 3. The predicted molar refractivity (Wildman–Crippen MR) is 116 cm³/mol. The van der Waals surface area contributed by atoms with Gasteiger partial charge in [-0.1, -0.05) is 91.0 Å². The van der Waals surface area contributed by atoms with Crippen molar-refractivity contribution in [3.8, 4) is 0 Å². The predicted octanol–water partition coefficient (Wildman–Crippen LogP) is 5.13. The van der Waals surface area contributed by atoms with Gasteiger partial charge in [-0.15, -0.1) is 0 Å². The van der Waals surface area contributed by atoms with Crippen molar-refractivity contribution in [3.05, 3.63) is 114 Å². The maximum Gasteiger partial charge on any atom is 0.154 e. The van der Waals surface area contributed by atoms with Crippen molar-refractivity contribution >= 4 is 17.8 Å². The highest BCUT2D eigenvalue weighted by Gasteiger charge is 2.40. The molecule has 3 nitrogen and oxygen atoms in total. The Morgan fingerprint density at radius 1 is 0.750 bits per heavy atom. The quantitative estimate of drug-likeness (QED) is 0.483. The van der Waals surface area contributed by atoms with Gasteiger partial charge in [0.05, 0.1) is 11.4 Å². The minimum absolute atomic E-state index is 0.308. The van der Waals surface area contributed by atoms with Gasteiger partial charge in [0.1, 0.15) is 0 Å². The zero-order chi connectivity index (χ0) is 19.6. The van der Waals surface area contributed by atoms with Gasteiger partial charge in [0.2, 0.25) is 0 Å². The monoisotopic (exact) mass is 386 g/mol. The van der Waals surface area contributed by atoms with Crippen molar-refractivity contribution in [2.24, 2.45) is 0 Å². The van der Waals surface area contributed by atoms with E-state index in [1.807, 2.05) is 92.7 Å². The molecule has 0 aliphatic carbocycles. The molecular weight excluding hydrogens is 363 g/mol. The van der Waals surface area contributed by atoms with Crippen LogP contribution in [-0.2, 0) is 4.57 Å². The highest BCUT2D eigenvalue weighted by Crippen LogP contribution is 2.60. The average Bonchev–Trinajstić information content (AvgIpc) is 3.08. The number of aryl methyl sites for hydroxylation is 2. The molecule has 0 aliphatic heterocycles. The van der Waals surface area contributed by atoms with Crippen LogP contribution in [0.3, 0.4) is 0 Å². The van der Waals surface area contributed by atoms with Gasteiger partial charge in [-0.25, -0.2) is 0 Å². The smallest absolute Gasteiger partial charge is 0.154 e. The fourth-order valence-corrected chi connectivity index (χ4v) is 7.36. The topological polar surface area (TPSA) is 45.8 Å². The second-order valence-electron chi connectivity index (χ2n) is 6.99. The first-order chi connectivity index (χ1) is 13.6. The summed E-state index contributed by atoms with van der Waals surface area (Å²) in [5, 5.41) is 9.22. The van der Waals surface area contributed by atoms with Crippen LogP contribution in [0.4, 0.5) is 0 Å². The molecule has 0 saturated carbocycles. The fourth-order valence-electron chi connectivity index (χ4n) is 3.90. The summed E-state index contributed by atoms with van der Waals surface area (Å²) in [6, 6.07) is 29.8. The molecule has 0 spiro atoms. The van der Waals surface area contributed by atoms with E-state index in [-0.39, 0.29) is 5.66 Å². The Morgan fingerprint density at radius 3 is 1.64 bits per heavy atom. The number of hydrogen-bond donors (Lipinski definition) is 1. The molecular formula is C24H23N2OP. The van der Waals surface area contributed by atoms with Gasteiger partial charge in [-0.3, -0.25) is 5.10 Å². The van der Waals surface area contributed by atoms with Gasteiger partial charge >= 0.3 is 0 Å². The fraction of sp³-hybridized carbons (Fsp3) is 0.125. The third kappa shape index (κ3) is 3.12. The molecule has 1 aromatic heterocycles. The van der Waals surface area contributed by atoms with Crippen molar-refractivity contribution in [2.75, 3.05) is 0 Å². The van der Waals surface area contributed by atoms with Crippen LogP contribution in [0.5, 0.6) is 0 Å². The van der Waals surface area contributed by atoms with E-state index in [0.29, 0.717) is 0 Å². The molecule has 1 N–H and O–H groups in total. The minimum atomic E-state index is -3.06. The molecule has 0 radical (unpaired) electrons. The lowest BCUT2D eigenvalue weighted by Gasteiger charge is -2.30. The lowest BCUT2D eigenvalue weighted by molar-refractivity contribution is 0.582. The first kappa shape index (κ1) is 18.5. The van der Waals surface area contributed by atoms with E-state index in [4.69, 9.17) is 0 Å². The molecule has 0 fully saturated rings. The minimum Gasteiger partial charge on any atom is -0.313 e. The summed E-state index contributed by atoms with van der Waals surface area (Å²) >= 11 is 0. The number of aromatic nitrogens is 2. The van der Waals surface area contributed by atoms with Crippen molar-refractivity contribution in [1.82, 2.24) is 10.2 Å². The van der Waals surface area contributed by atoms with Gasteiger partial charge in [-0.05, 0) is 19.4 Å². The summed E-state index contributed by atoms with van der Waals surface area (Å²) < 4.78 is 15.1. The standard InChI is InChI=1S/C24H23N2OP/c1-18-23(19(2)26-25-18)24(20-12-6-3-7-13-20)28(27,21-14-8-4-9-15-21)22-16-10-5-11-17-22/h3-17,24H,1-2H3,(H,25,26)/t24-/m0/s1. The van der Waals surface area contributed by atoms with Crippen molar-refractivity contribution in [1.29, 1.82) is 0 Å². The molecule has 0 saturated heterocycles. The Bertz CT molecular complexity index is 1040. The molecule has 1 atom stereocenters. The highest BCUT2D eigenvalue weighted by molar-refractivity contribution is 7.79. The second-order valence-corrected chi connectivity index (χ2v) is 9.86. The summed E-state index contributed by atoms with van der Waals surface area (Å²) in [5.41, 5.74) is 3.59. The molecule has 0 amide bonds. The van der Waals surface area contributed by atoms with Gasteiger partial charge in [0.15, 0.2) is 7.14 Å². The lowest BCUT2D eigenvalue weighted by atomic mass is 10.0. The van der Waals surface area contributed by atoms with Gasteiger partial charge in [-0.2, -0.15) is 5.10 Å². The molecule has 3 aromatic carbocycles. The van der Waals surface area contributed by atoms with E-state index in [0.717, 1.165) is 33.1 Å². The number of rotatable bonds is 5. The summed E-state index contributed by atoms with van der Waals surface area (Å²) in [4.78, 5) is 0. The largest absolute Gasteiger partial charge is 0.313 e. The van der Waals surface area contributed by atoms with Crippen LogP contribution in [0.25, 0.3) is 0 Å². The Hall–Kier alpha value is -2.90. The van der Waals surface area contributed by atoms with Crippen LogP contribution in [0.15, 0.2) is 91.0 Å². The number of hydrogen-bond acceptors (Lipinski definition) is 2. The summed E-state index contributed by atoms with van der Waals surface area (Å²) in [6.45, 7) is 3.99. The SMILES string of the molecule is Cc1n[nH]c(C)c1[C@H](c1ccccc1)P(=O)(c1ccccc1)c1ccccc1. The normalized spacial score (nSPS) is 12.6. The van der Waals surface area contributed by atoms with E-state index in [1.54, 1.807) is 0 Å². The molecule has 28 heavy (non-hydrogen) atoms. The van der Waals surface area contributed by atoms with Crippen LogP contribution in [0, 0.1) is 13.8 Å². The molecule has 0 bridgehead atoms. The Labute approximate surface area is 165 Å². The molecule has 0 unspecified atom stereocenters. The van der Waals surface area contributed by atoms with E-state index in [2.05, 4.69) is 22.3 Å². The van der Waals surface area contributed by atoms with Crippen molar-refractivity contribution in [3.63, 3.8) is 0 Å². The van der Waals surface area contributed by atoms with Gasteiger partial charge in [0.25, 0.3) is 0 Å². The van der Waals surface area contributed by atoms with Crippen LogP contribution < -0.4 is 10.6 Å². The summed E-state index contributed by atoms with van der Waals surface area (Å²) in [5.74, 6) is 0. The number of H-pyrrole nitrogens is 1. The Kier molecular flexibility index (Phi) is 5.02. The lowest BCUT2D eigenvalue weighted by Crippen LogP contribution is -2.22. The maximum absolute atomic E-state index is 15.1. The number of nitrogens with one attached hydrogen (secondary N) is 1. The summed E-state index contributed by atoms with van der Waals surface area (Å²) in [6.07, 6.45) is 0. The van der Waals surface area contributed by atoms with E-state index in [9.17, 15) is 0 Å². The zero-order valence-corrected chi connectivity index (χ0v) is 16.9. The van der Waals surface area contributed by atoms with Gasteiger partial charge < -0.3 is 4.57 Å². The summed E-state index contributed by atoms with van der Waals surface area (Å²) in [7, 11) is -3.06. The first-order valence-electron chi connectivity index (χ1n) is 9.39. The maximum atomic E-state index is 15.1. The highest BCUT2D eigenvalue weighted by atomic mass is 31.2. The van der Waals surface area contributed by atoms with Crippen molar-refractivity contribution < 1.29 is 4.57 Å². The molecule has 4 heteroatoms. The van der Waals surface area contributed by atoms with Gasteiger partial charge in [0, 0.05) is 21.9 Å². The molecule has 0 aliphatic rings. The van der Waals surface area contributed by atoms with E-state index >= 15 is 4.57 Å². The zero-order valence-electron chi connectivity index (χ0n) is 16.0. The van der Waals surface area contributed by atoms with E-state index < -0.39 is 7.14 Å². The Morgan fingerprint density at radius 2 is 1.21 bits per heavy atom. The third-order valence-electron chi connectivity index (χ3n) is 5.22.